The lowest BCUT2D eigenvalue weighted by Gasteiger charge is -2.34. The Balaban J connectivity index is 1.43. The number of nitrogens with zero attached hydrogens (tertiary/aromatic N) is 2. The van der Waals surface area contributed by atoms with Crippen molar-refractivity contribution < 1.29 is 14.3 Å². The number of amides is 2. The van der Waals surface area contributed by atoms with Crippen LogP contribution < -0.4 is 4.74 Å². The van der Waals surface area contributed by atoms with Crippen molar-refractivity contribution in [1.82, 2.24) is 9.80 Å². The van der Waals surface area contributed by atoms with Gasteiger partial charge < -0.3 is 14.5 Å². The fourth-order valence-corrected chi connectivity index (χ4v) is 3.52. The van der Waals surface area contributed by atoms with Crippen molar-refractivity contribution in [1.29, 1.82) is 0 Å². The Morgan fingerprint density at radius 1 is 1.04 bits per heavy atom. The van der Waals surface area contributed by atoms with E-state index in [2.05, 4.69) is 0 Å². The van der Waals surface area contributed by atoms with Crippen LogP contribution in [0.2, 0.25) is 0 Å². The van der Waals surface area contributed by atoms with Crippen LogP contribution in [0.15, 0.2) is 41.8 Å². The number of carbonyl (C=O) groups is 2. The normalized spacial score (nSPS) is 14.4. The Hall–Kier alpha value is -2.34. The van der Waals surface area contributed by atoms with E-state index >= 15 is 0 Å². The molecule has 1 saturated heterocycles. The summed E-state index contributed by atoms with van der Waals surface area (Å²) in [6, 6.07) is 11.6. The highest BCUT2D eigenvalue weighted by atomic mass is 32.1. The molecular weight excluding hydrogens is 336 g/mol. The molecular formula is C19H22N2O3S. The van der Waals surface area contributed by atoms with Gasteiger partial charge in [0, 0.05) is 31.1 Å². The van der Waals surface area contributed by atoms with E-state index < -0.39 is 0 Å². The first kappa shape index (κ1) is 17.5. The first-order chi connectivity index (χ1) is 12.1. The summed E-state index contributed by atoms with van der Waals surface area (Å²) in [5.41, 5.74) is 1.10. The van der Waals surface area contributed by atoms with Gasteiger partial charge in [-0.15, -0.1) is 11.3 Å². The molecule has 1 fully saturated rings. The Morgan fingerprint density at radius 2 is 1.76 bits per heavy atom. The van der Waals surface area contributed by atoms with Crippen LogP contribution in [0.3, 0.4) is 0 Å². The molecule has 3 rings (SSSR count). The molecule has 132 valence electrons. The predicted octanol–water partition coefficient (Wildman–Crippen LogP) is 2.35. The Kier molecular flexibility index (Phi) is 5.71. The summed E-state index contributed by atoms with van der Waals surface area (Å²) in [4.78, 5) is 29.3. The molecule has 2 aromatic rings. The number of rotatable bonds is 5. The maximum Gasteiger partial charge on any atom is 0.260 e. The lowest BCUT2D eigenvalue weighted by Crippen LogP contribution is -2.51. The van der Waals surface area contributed by atoms with Gasteiger partial charge in [-0.05, 0) is 36.1 Å². The molecule has 1 aromatic carbocycles. The van der Waals surface area contributed by atoms with Gasteiger partial charge in [-0.2, -0.15) is 0 Å². The van der Waals surface area contributed by atoms with Crippen molar-refractivity contribution in [3.63, 3.8) is 0 Å². The summed E-state index contributed by atoms with van der Waals surface area (Å²) in [5.74, 6) is 0.801. The first-order valence-corrected chi connectivity index (χ1v) is 9.27. The Bertz CT molecular complexity index is 722. The fourth-order valence-electron chi connectivity index (χ4n) is 2.82. The molecule has 0 atom stereocenters. The first-order valence-electron chi connectivity index (χ1n) is 8.39. The van der Waals surface area contributed by atoms with E-state index in [0.717, 1.165) is 10.4 Å². The largest absolute Gasteiger partial charge is 0.484 e. The lowest BCUT2D eigenvalue weighted by atomic mass is 10.2. The number of hydrogen-bond donors (Lipinski definition) is 0. The van der Waals surface area contributed by atoms with E-state index in [1.807, 2.05) is 53.6 Å². The molecule has 0 spiro atoms. The number of benzene rings is 1. The molecule has 1 aromatic heterocycles. The predicted molar refractivity (Wildman–Crippen MR) is 97.9 cm³/mol. The number of thiophene rings is 1. The second kappa shape index (κ2) is 8.16. The molecule has 0 saturated carbocycles. The molecule has 5 nitrogen and oxygen atoms in total. The lowest BCUT2D eigenvalue weighted by molar-refractivity contribution is -0.140. The zero-order valence-electron chi connectivity index (χ0n) is 14.3. The average Bonchev–Trinajstić information content (AvgIpc) is 3.13. The third-order valence-corrected chi connectivity index (χ3v) is 5.12. The smallest absolute Gasteiger partial charge is 0.260 e. The molecule has 0 N–H and O–H groups in total. The van der Waals surface area contributed by atoms with Gasteiger partial charge in [-0.3, -0.25) is 9.59 Å². The van der Waals surface area contributed by atoms with E-state index in [9.17, 15) is 9.59 Å². The number of carbonyl (C=O) groups excluding carboxylic acids is 2. The van der Waals surface area contributed by atoms with Crippen LogP contribution in [-0.4, -0.2) is 54.4 Å². The van der Waals surface area contributed by atoms with Crippen LogP contribution in [0.1, 0.15) is 10.4 Å². The summed E-state index contributed by atoms with van der Waals surface area (Å²) >= 11 is 1.60. The summed E-state index contributed by atoms with van der Waals surface area (Å²) in [6.45, 7) is 4.31. The third-order valence-electron chi connectivity index (χ3n) is 4.24. The van der Waals surface area contributed by atoms with Gasteiger partial charge in [0.25, 0.3) is 5.91 Å². The monoisotopic (exact) mass is 358 g/mol. The maximum atomic E-state index is 12.3. The number of aryl methyl sites for hydroxylation is 1. The van der Waals surface area contributed by atoms with Crippen LogP contribution in [0, 0.1) is 6.92 Å². The van der Waals surface area contributed by atoms with Crippen molar-refractivity contribution in [2.45, 2.75) is 13.3 Å². The fraction of sp³-hybridized carbons (Fsp3) is 0.368. The summed E-state index contributed by atoms with van der Waals surface area (Å²) in [7, 11) is 0. The minimum absolute atomic E-state index is 0.0343. The van der Waals surface area contributed by atoms with Crippen LogP contribution in [0.4, 0.5) is 0 Å². The van der Waals surface area contributed by atoms with E-state index in [-0.39, 0.29) is 18.4 Å². The molecule has 6 heteroatoms. The SMILES string of the molecule is Cc1cccc(OCC(=O)N2CCN(C(=O)Cc3cccs3)CC2)c1. The van der Waals surface area contributed by atoms with Gasteiger partial charge in [-0.25, -0.2) is 0 Å². The molecule has 0 aliphatic carbocycles. The summed E-state index contributed by atoms with van der Waals surface area (Å²) in [6.07, 6.45) is 0.447. The third kappa shape index (κ3) is 4.82. The van der Waals surface area contributed by atoms with Crippen LogP contribution in [0.5, 0.6) is 5.75 Å². The van der Waals surface area contributed by atoms with Crippen molar-refractivity contribution in [2.24, 2.45) is 0 Å². The second-order valence-electron chi connectivity index (χ2n) is 6.12. The van der Waals surface area contributed by atoms with E-state index in [4.69, 9.17) is 4.74 Å². The van der Waals surface area contributed by atoms with E-state index in [1.54, 1.807) is 16.2 Å². The highest BCUT2D eigenvalue weighted by molar-refractivity contribution is 7.10. The highest BCUT2D eigenvalue weighted by Crippen LogP contribution is 2.14. The number of hydrogen-bond acceptors (Lipinski definition) is 4. The summed E-state index contributed by atoms with van der Waals surface area (Å²) in [5, 5.41) is 1.98. The van der Waals surface area contributed by atoms with Gasteiger partial charge in [0.15, 0.2) is 6.61 Å². The zero-order chi connectivity index (χ0) is 17.6. The Morgan fingerprint density at radius 3 is 2.40 bits per heavy atom. The van der Waals surface area contributed by atoms with Gasteiger partial charge in [-0.1, -0.05) is 18.2 Å². The molecule has 0 unspecified atom stereocenters. The van der Waals surface area contributed by atoms with Gasteiger partial charge >= 0.3 is 0 Å². The minimum Gasteiger partial charge on any atom is -0.484 e. The van der Waals surface area contributed by atoms with Gasteiger partial charge in [0.2, 0.25) is 5.91 Å². The van der Waals surface area contributed by atoms with Crippen LogP contribution in [-0.2, 0) is 16.0 Å². The van der Waals surface area contributed by atoms with Crippen molar-refractivity contribution in [3.05, 3.63) is 52.2 Å². The highest BCUT2D eigenvalue weighted by Gasteiger charge is 2.24. The minimum atomic E-state index is -0.0353. The molecule has 1 aliphatic rings. The van der Waals surface area contributed by atoms with Gasteiger partial charge in [0.1, 0.15) is 5.75 Å². The molecule has 2 heterocycles. The van der Waals surface area contributed by atoms with E-state index in [0.29, 0.717) is 38.3 Å². The zero-order valence-corrected chi connectivity index (χ0v) is 15.1. The van der Waals surface area contributed by atoms with Crippen molar-refractivity contribution in [3.8, 4) is 5.75 Å². The molecule has 0 radical (unpaired) electrons. The average molecular weight is 358 g/mol. The van der Waals surface area contributed by atoms with E-state index in [1.165, 1.54) is 0 Å². The van der Waals surface area contributed by atoms with Crippen LogP contribution >= 0.6 is 11.3 Å². The topological polar surface area (TPSA) is 49.9 Å². The van der Waals surface area contributed by atoms with Gasteiger partial charge in [0.05, 0.1) is 6.42 Å². The van der Waals surface area contributed by atoms with Crippen molar-refractivity contribution >= 4 is 23.2 Å². The number of ether oxygens (including phenoxy) is 1. The number of piperazine rings is 1. The second-order valence-corrected chi connectivity index (χ2v) is 7.16. The standard InChI is InChI=1S/C19H22N2O3S/c1-15-4-2-5-16(12-15)24-14-19(23)21-9-7-20(8-10-21)18(22)13-17-6-3-11-25-17/h2-6,11-12H,7-10,13-14H2,1H3. The molecule has 25 heavy (non-hydrogen) atoms. The molecule has 1 aliphatic heterocycles. The Labute approximate surface area is 151 Å². The maximum absolute atomic E-state index is 12.3. The van der Waals surface area contributed by atoms with Crippen molar-refractivity contribution in [2.75, 3.05) is 32.8 Å². The summed E-state index contributed by atoms with van der Waals surface area (Å²) < 4.78 is 5.58. The quantitative estimate of drug-likeness (QED) is 0.824. The molecule has 2 amide bonds. The van der Waals surface area contributed by atoms with Crippen LogP contribution in [0.25, 0.3) is 0 Å². The molecule has 0 bridgehead atoms.